The summed E-state index contributed by atoms with van der Waals surface area (Å²) < 4.78 is 0. The molecule has 1 unspecified atom stereocenters. The minimum atomic E-state index is 0.429. The van der Waals surface area contributed by atoms with Crippen LogP contribution in [0, 0.1) is 13.8 Å². The summed E-state index contributed by atoms with van der Waals surface area (Å²) in [5, 5.41) is 0. The second kappa shape index (κ2) is 5.72. The maximum atomic E-state index is 5.98. The molecule has 0 saturated carbocycles. The Morgan fingerprint density at radius 1 is 1.28 bits per heavy atom. The zero-order chi connectivity index (χ0) is 13.1. The Balaban J connectivity index is 2.31. The Bertz CT molecular complexity index is 403. The highest BCUT2D eigenvalue weighted by atomic mass is 15.2. The molecule has 1 heterocycles. The molecule has 0 spiro atoms. The molecule has 0 aliphatic carbocycles. The standard InChI is InChI=1S/C15H25N3/c1-12-5-6-13(2)15(9-12)18-8-4-7-17(3)11-14(18)10-16/h5-6,9,14H,4,7-8,10-11,16H2,1-3H3. The number of hydrogen-bond acceptors (Lipinski definition) is 3. The molecule has 2 N–H and O–H groups in total. The quantitative estimate of drug-likeness (QED) is 0.864. The number of anilines is 1. The molecular formula is C15H25N3. The Hall–Kier alpha value is -1.06. The van der Waals surface area contributed by atoms with Crippen molar-refractivity contribution >= 4 is 5.69 Å². The van der Waals surface area contributed by atoms with Crippen LogP contribution in [0.1, 0.15) is 17.5 Å². The fraction of sp³-hybridized carbons (Fsp3) is 0.600. The fourth-order valence-electron chi connectivity index (χ4n) is 2.79. The van der Waals surface area contributed by atoms with Crippen molar-refractivity contribution in [3.63, 3.8) is 0 Å². The number of hydrogen-bond donors (Lipinski definition) is 1. The van der Waals surface area contributed by atoms with Crippen LogP contribution in [-0.2, 0) is 0 Å². The van der Waals surface area contributed by atoms with E-state index in [9.17, 15) is 0 Å². The average Bonchev–Trinajstić information content (AvgIpc) is 2.53. The zero-order valence-electron chi connectivity index (χ0n) is 11.8. The lowest BCUT2D eigenvalue weighted by atomic mass is 10.1. The van der Waals surface area contributed by atoms with Crippen LogP contribution in [0.25, 0.3) is 0 Å². The normalized spacial score (nSPS) is 22.0. The third-order valence-corrected chi connectivity index (χ3v) is 3.85. The summed E-state index contributed by atoms with van der Waals surface area (Å²) >= 11 is 0. The predicted octanol–water partition coefficient (Wildman–Crippen LogP) is 1.77. The van der Waals surface area contributed by atoms with E-state index in [4.69, 9.17) is 5.73 Å². The second-order valence-electron chi connectivity index (χ2n) is 5.49. The zero-order valence-corrected chi connectivity index (χ0v) is 11.8. The van der Waals surface area contributed by atoms with Crippen LogP contribution < -0.4 is 10.6 Å². The number of nitrogens with two attached hydrogens (primary N) is 1. The molecule has 1 aromatic rings. The highest BCUT2D eigenvalue weighted by Gasteiger charge is 2.23. The molecule has 1 aliphatic rings. The molecule has 1 aromatic carbocycles. The summed E-state index contributed by atoms with van der Waals surface area (Å²) in [4.78, 5) is 4.90. The largest absolute Gasteiger partial charge is 0.366 e. The molecule has 1 fully saturated rings. The lowest BCUT2D eigenvalue weighted by molar-refractivity contribution is 0.332. The summed E-state index contributed by atoms with van der Waals surface area (Å²) in [7, 11) is 2.19. The van der Waals surface area contributed by atoms with E-state index < -0.39 is 0 Å². The Labute approximate surface area is 111 Å². The average molecular weight is 247 g/mol. The maximum absolute atomic E-state index is 5.98. The van der Waals surface area contributed by atoms with Crippen LogP contribution in [0.15, 0.2) is 18.2 Å². The van der Waals surface area contributed by atoms with E-state index in [2.05, 4.69) is 48.9 Å². The molecule has 1 saturated heterocycles. The first-order chi connectivity index (χ1) is 8.61. The van der Waals surface area contributed by atoms with E-state index in [0.717, 1.165) is 26.2 Å². The number of benzene rings is 1. The first-order valence-electron chi connectivity index (χ1n) is 6.84. The molecule has 2 rings (SSSR count). The number of likely N-dealkylation sites (N-methyl/N-ethyl adjacent to an activating group) is 1. The van der Waals surface area contributed by atoms with E-state index >= 15 is 0 Å². The van der Waals surface area contributed by atoms with Gasteiger partial charge in [-0.05, 0) is 51.1 Å². The van der Waals surface area contributed by atoms with Crippen molar-refractivity contribution in [3.8, 4) is 0 Å². The lowest BCUT2D eigenvalue weighted by Gasteiger charge is -2.33. The first-order valence-corrected chi connectivity index (χ1v) is 6.84. The van der Waals surface area contributed by atoms with Crippen molar-refractivity contribution in [2.75, 3.05) is 38.1 Å². The van der Waals surface area contributed by atoms with Crippen molar-refractivity contribution < 1.29 is 0 Å². The Kier molecular flexibility index (Phi) is 4.25. The fourth-order valence-corrected chi connectivity index (χ4v) is 2.79. The molecule has 0 aromatic heterocycles. The van der Waals surface area contributed by atoms with Crippen LogP contribution in [0.4, 0.5) is 5.69 Å². The molecule has 0 amide bonds. The summed E-state index contributed by atoms with van der Waals surface area (Å²) in [6, 6.07) is 7.12. The van der Waals surface area contributed by atoms with Crippen LogP contribution in [-0.4, -0.2) is 44.2 Å². The van der Waals surface area contributed by atoms with Crippen molar-refractivity contribution in [1.82, 2.24) is 4.90 Å². The van der Waals surface area contributed by atoms with Gasteiger partial charge in [-0.15, -0.1) is 0 Å². The summed E-state index contributed by atoms with van der Waals surface area (Å²) in [5.41, 5.74) is 10.0. The molecule has 0 radical (unpaired) electrons. The van der Waals surface area contributed by atoms with Crippen molar-refractivity contribution in [2.24, 2.45) is 5.73 Å². The van der Waals surface area contributed by atoms with Gasteiger partial charge < -0.3 is 15.5 Å². The number of nitrogens with zero attached hydrogens (tertiary/aromatic N) is 2. The Morgan fingerprint density at radius 2 is 2.06 bits per heavy atom. The molecule has 18 heavy (non-hydrogen) atoms. The first kappa shape index (κ1) is 13.4. The van der Waals surface area contributed by atoms with E-state index in [-0.39, 0.29) is 0 Å². The summed E-state index contributed by atoms with van der Waals surface area (Å²) in [5.74, 6) is 0. The smallest absolute Gasteiger partial charge is 0.0539 e. The molecule has 3 nitrogen and oxygen atoms in total. The minimum Gasteiger partial charge on any atom is -0.366 e. The van der Waals surface area contributed by atoms with Crippen molar-refractivity contribution in [2.45, 2.75) is 26.3 Å². The molecular weight excluding hydrogens is 222 g/mol. The van der Waals surface area contributed by atoms with Crippen LogP contribution in [0.5, 0.6) is 0 Å². The number of aryl methyl sites for hydroxylation is 2. The monoisotopic (exact) mass is 247 g/mol. The molecule has 100 valence electrons. The molecule has 1 atom stereocenters. The van der Waals surface area contributed by atoms with Gasteiger partial charge in [0.05, 0.1) is 6.04 Å². The van der Waals surface area contributed by atoms with Crippen LogP contribution >= 0.6 is 0 Å². The summed E-state index contributed by atoms with van der Waals surface area (Å²) in [6.45, 7) is 8.40. The van der Waals surface area contributed by atoms with E-state index in [1.54, 1.807) is 0 Å². The molecule has 1 aliphatic heterocycles. The molecule has 0 bridgehead atoms. The SMILES string of the molecule is Cc1ccc(C)c(N2CCCN(C)CC2CN)c1. The van der Waals surface area contributed by atoms with Gasteiger partial charge in [0.2, 0.25) is 0 Å². The highest BCUT2D eigenvalue weighted by Crippen LogP contribution is 2.25. The molecule has 3 heteroatoms. The van der Waals surface area contributed by atoms with Gasteiger partial charge in [0.1, 0.15) is 0 Å². The topological polar surface area (TPSA) is 32.5 Å². The Morgan fingerprint density at radius 3 is 2.78 bits per heavy atom. The minimum absolute atomic E-state index is 0.429. The van der Waals surface area contributed by atoms with Gasteiger partial charge in [0.25, 0.3) is 0 Å². The highest BCUT2D eigenvalue weighted by molar-refractivity contribution is 5.56. The van der Waals surface area contributed by atoms with Crippen molar-refractivity contribution in [1.29, 1.82) is 0 Å². The van der Waals surface area contributed by atoms with Crippen LogP contribution in [0.2, 0.25) is 0 Å². The van der Waals surface area contributed by atoms with Crippen molar-refractivity contribution in [3.05, 3.63) is 29.3 Å². The second-order valence-corrected chi connectivity index (χ2v) is 5.49. The van der Waals surface area contributed by atoms with Gasteiger partial charge in [0.15, 0.2) is 0 Å². The van der Waals surface area contributed by atoms with Gasteiger partial charge in [-0.25, -0.2) is 0 Å². The predicted molar refractivity (Wildman–Crippen MR) is 78.2 cm³/mol. The van der Waals surface area contributed by atoms with Gasteiger partial charge in [-0.1, -0.05) is 12.1 Å². The van der Waals surface area contributed by atoms with Gasteiger partial charge in [0, 0.05) is 25.3 Å². The van der Waals surface area contributed by atoms with Gasteiger partial charge in [-0.3, -0.25) is 0 Å². The van der Waals surface area contributed by atoms with Crippen LogP contribution in [0.3, 0.4) is 0 Å². The lowest BCUT2D eigenvalue weighted by Crippen LogP contribution is -2.45. The van der Waals surface area contributed by atoms with Gasteiger partial charge in [-0.2, -0.15) is 0 Å². The van der Waals surface area contributed by atoms with E-state index in [1.165, 1.54) is 23.2 Å². The van der Waals surface area contributed by atoms with E-state index in [1.807, 2.05) is 0 Å². The maximum Gasteiger partial charge on any atom is 0.0539 e. The number of rotatable bonds is 2. The van der Waals surface area contributed by atoms with Gasteiger partial charge >= 0.3 is 0 Å². The third kappa shape index (κ3) is 2.85. The van der Waals surface area contributed by atoms with E-state index in [0.29, 0.717) is 6.04 Å². The summed E-state index contributed by atoms with van der Waals surface area (Å²) in [6.07, 6.45) is 1.21. The third-order valence-electron chi connectivity index (χ3n) is 3.85.